The lowest BCUT2D eigenvalue weighted by Gasteiger charge is -2.16. The normalized spacial score (nSPS) is 12.1. The van der Waals surface area contributed by atoms with E-state index in [2.05, 4.69) is 12.2 Å². The smallest absolute Gasteiger partial charge is 0.124 e. The monoisotopic (exact) mass is 319 g/mol. The summed E-state index contributed by atoms with van der Waals surface area (Å²) >= 11 is 5.99. The summed E-state index contributed by atoms with van der Waals surface area (Å²) < 4.78 is 5.92. The van der Waals surface area contributed by atoms with Gasteiger partial charge in [0.2, 0.25) is 0 Å². The van der Waals surface area contributed by atoms with Crippen LogP contribution in [0.2, 0.25) is 5.02 Å². The first-order chi connectivity index (χ1) is 10.7. The molecule has 0 saturated carbocycles. The van der Waals surface area contributed by atoms with E-state index >= 15 is 0 Å². The fraction of sp³-hybridized carbons (Fsp3) is 0.333. The second kappa shape index (κ2) is 8.79. The second-order valence-electron chi connectivity index (χ2n) is 5.19. The fourth-order valence-corrected chi connectivity index (χ4v) is 2.38. The molecule has 1 unspecified atom stereocenters. The third-order valence-electron chi connectivity index (χ3n) is 3.55. The third kappa shape index (κ3) is 5.02. The predicted octanol–water partition coefficient (Wildman–Crippen LogP) is 3.78. The molecule has 0 amide bonds. The van der Waals surface area contributed by atoms with Gasteiger partial charge in [-0.3, -0.25) is 0 Å². The highest BCUT2D eigenvalue weighted by Gasteiger charge is 2.07. The number of hydrogen-bond acceptors (Lipinski definition) is 3. The number of ether oxygens (including phenoxy) is 1. The van der Waals surface area contributed by atoms with Crippen molar-refractivity contribution in [3.63, 3.8) is 0 Å². The van der Waals surface area contributed by atoms with Crippen LogP contribution in [0.15, 0.2) is 48.5 Å². The van der Waals surface area contributed by atoms with E-state index in [9.17, 15) is 5.11 Å². The summed E-state index contributed by atoms with van der Waals surface area (Å²) in [6.45, 7) is 3.34. The Kier molecular flexibility index (Phi) is 6.72. The number of para-hydroxylation sites is 1. The zero-order chi connectivity index (χ0) is 15.8. The fourth-order valence-electron chi connectivity index (χ4n) is 2.17. The van der Waals surface area contributed by atoms with E-state index in [1.165, 1.54) is 0 Å². The maximum atomic E-state index is 9.25. The first-order valence-corrected chi connectivity index (χ1v) is 7.90. The van der Waals surface area contributed by atoms with Gasteiger partial charge in [-0.15, -0.1) is 0 Å². The molecule has 2 aromatic carbocycles. The number of halogens is 1. The van der Waals surface area contributed by atoms with E-state index in [-0.39, 0.29) is 12.6 Å². The van der Waals surface area contributed by atoms with Crippen LogP contribution in [0.5, 0.6) is 5.75 Å². The van der Waals surface area contributed by atoms with Crippen molar-refractivity contribution in [3.05, 3.63) is 64.7 Å². The van der Waals surface area contributed by atoms with Crippen molar-refractivity contribution in [2.45, 2.75) is 32.5 Å². The topological polar surface area (TPSA) is 41.5 Å². The Morgan fingerprint density at radius 1 is 1.18 bits per heavy atom. The average molecular weight is 320 g/mol. The Hall–Kier alpha value is -1.55. The van der Waals surface area contributed by atoms with E-state index in [4.69, 9.17) is 16.3 Å². The van der Waals surface area contributed by atoms with Gasteiger partial charge in [-0.25, -0.2) is 0 Å². The molecule has 2 aromatic rings. The molecule has 0 heterocycles. The summed E-state index contributed by atoms with van der Waals surface area (Å²) in [5.74, 6) is 0.850. The van der Waals surface area contributed by atoms with Crippen LogP contribution in [-0.4, -0.2) is 17.8 Å². The summed E-state index contributed by atoms with van der Waals surface area (Å²) in [5.41, 5.74) is 2.12. The summed E-state index contributed by atoms with van der Waals surface area (Å²) in [6, 6.07) is 15.7. The minimum absolute atomic E-state index is 0.112. The van der Waals surface area contributed by atoms with Crippen molar-refractivity contribution in [3.8, 4) is 5.75 Å². The van der Waals surface area contributed by atoms with Gasteiger partial charge < -0.3 is 15.2 Å². The molecule has 0 bridgehead atoms. The van der Waals surface area contributed by atoms with Crippen LogP contribution in [0.3, 0.4) is 0 Å². The van der Waals surface area contributed by atoms with Crippen LogP contribution in [-0.2, 0) is 13.2 Å². The summed E-state index contributed by atoms with van der Waals surface area (Å²) in [6.07, 6.45) is 0.891. The molecule has 1 atom stereocenters. The molecule has 0 spiro atoms. The second-order valence-corrected chi connectivity index (χ2v) is 5.63. The Morgan fingerprint density at radius 3 is 2.73 bits per heavy atom. The van der Waals surface area contributed by atoms with Gasteiger partial charge in [-0.05, 0) is 30.2 Å². The molecule has 2 rings (SSSR count). The van der Waals surface area contributed by atoms with Gasteiger partial charge in [0, 0.05) is 23.2 Å². The van der Waals surface area contributed by atoms with Gasteiger partial charge in [0.1, 0.15) is 12.4 Å². The molecule has 0 aliphatic carbocycles. The van der Waals surface area contributed by atoms with Gasteiger partial charge in [0.05, 0.1) is 6.61 Å². The lowest BCUT2D eigenvalue weighted by atomic mass is 10.1. The van der Waals surface area contributed by atoms with Crippen molar-refractivity contribution in [1.29, 1.82) is 0 Å². The summed E-state index contributed by atoms with van der Waals surface area (Å²) in [4.78, 5) is 0. The number of benzene rings is 2. The van der Waals surface area contributed by atoms with Crippen molar-refractivity contribution < 1.29 is 9.84 Å². The zero-order valence-electron chi connectivity index (χ0n) is 12.8. The SMILES string of the molecule is CCC(CO)NCc1ccccc1OCc1cccc(Cl)c1. The molecule has 118 valence electrons. The Morgan fingerprint density at radius 2 is 2.00 bits per heavy atom. The van der Waals surface area contributed by atoms with E-state index in [1.807, 2.05) is 48.5 Å². The van der Waals surface area contributed by atoms with E-state index < -0.39 is 0 Å². The minimum atomic E-state index is 0.112. The number of hydrogen-bond donors (Lipinski definition) is 2. The Bertz CT molecular complexity index is 585. The maximum absolute atomic E-state index is 9.25. The van der Waals surface area contributed by atoms with Gasteiger partial charge in [0.25, 0.3) is 0 Å². The predicted molar refractivity (Wildman–Crippen MR) is 90.2 cm³/mol. The molecular formula is C18H22ClNO2. The van der Waals surface area contributed by atoms with Crippen LogP contribution < -0.4 is 10.1 Å². The Balaban J connectivity index is 1.99. The van der Waals surface area contributed by atoms with Crippen molar-refractivity contribution in [2.24, 2.45) is 0 Å². The number of nitrogens with one attached hydrogen (secondary N) is 1. The highest BCUT2D eigenvalue weighted by atomic mass is 35.5. The van der Waals surface area contributed by atoms with Crippen LogP contribution in [0, 0.1) is 0 Å². The quantitative estimate of drug-likeness (QED) is 0.778. The lowest BCUT2D eigenvalue weighted by Crippen LogP contribution is -2.31. The Labute approximate surface area is 136 Å². The molecule has 0 radical (unpaired) electrons. The largest absolute Gasteiger partial charge is 0.489 e. The summed E-state index contributed by atoms with van der Waals surface area (Å²) in [5, 5.41) is 13.3. The number of rotatable bonds is 8. The molecular weight excluding hydrogens is 298 g/mol. The van der Waals surface area contributed by atoms with Crippen LogP contribution >= 0.6 is 11.6 Å². The molecule has 0 saturated heterocycles. The molecule has 22 heavy (non-hydrogen) atoms. The van der Waals surface area contributed by atoms with Crippen molar-refractivity contribution >= 4 is 11.6 Å². The third-order valence-corrected chi connectivity index (χ3v) is 3.79. The van der Waals surface area contributed by atoms with Gasteiger partial charge >= 0.3 is 0 Å². The molecule has 0 aliphatic rings. The molecule has 0 aromatic heterocycles. The molecule has 2 N–H and O–H groups in total. The zero-order valence-corrected chi connectivity index (χ0v) is 13.5. The van der Waals surface area contributed by atoms with Crippen molar-refractivity contribution in [1.82, 2.24) is 5.32 Å². The maximum Gasteiger partial charge on any atom is 0.124 e. The van der Waals surface area contributed by atoms with E-state index in [0.29, 0.717) is 18.2 Å². The average Bonchev–Trinajstić information content (AvgIpc) is 2.55. The standard InChI is InChI=1S/C18H22ClNO2/c1-2-17(12-21)20-11-15-7-3-4-9-18(15)22-13-14-6-5-8-16(19)10-14/h3-10,17,20-21H,2,11-13H2,1H3. The minimum Gasteiger partial charge on any atom is -0.489 e. The van der Waals surface area contributed by atoms with Gasteiger partial charge in [-0.2, -0.15) is 0 Å². The molecule has 3 nitrogen and oxygen atoms in total. The summed E-state index contributed by atoms with van der Waals surface area (Å²) in [7, 11) is 0. The first kappa shape index (κ1) is 16.8. The van der Waals surface area contributed by atoms with E-state index in [0.717, 1.165) is 23.3 Å². The molecule has 4 heteroatoms. The van der Waals surface area contributed by atoms with Gasteiger partial charge in [-0.1, -0.05) is 48.9 Å². The number of aliphatic hydroxyl groups excluding tert-OH is 1. The highest BCUT2D eigenvalue weighted by Crippen LogP contribution is 2.20. The van der Waals surface area contributed by atoms with Crippen LogP contribution in [0.1, 0.15) is 24.5 Å². The van der Waals surface area contributed by atoms with Crippen molar-refractivity contribution in [2.75, 3.05) is 6.61 Å². The molecule has 0 fully saturated rings. The lowest BCUT2D eigenvalue weighted by molar-refractivity contribution is 0.237. The first-order valence-electron chi connectivity index (χ1n) is 7.52. The highest BCUT2D eigenvalue weighted by molar-refractivity contribution is 6.30. The van der Waals surface area contributed by atoms with Crippen LogP contribution in [0.25, 0.3) is 0 Å². The van der Waals surface area contributed by atoms with Gasteiger partial charge in [0.15, 0.2) is 0 Å². The van der Waals surface area contributed by atoms with E-state index in [1.54, 1.807) is 0 Å². The molecule has 0 aliphatic heterocycles. The van der Waals surface area contributed by atoms with Crippen LogP contribution in [0.4, 0.5) is 0 Å². The number of aliphatic hydroxyl groups is 1.